The lowest BCUT2D eigenvalue weighted by molar-refractivity contribution is 0.248. The second-order valence-corrected chi connectivity index (χ2v) is 10.1. The number of aromatic nitrogens is 5. The van der Waals surface area contributed by atoms with Crippen molar-refractivity contribution in [2.75, 3.05) is 30.4 Å². The van der Waals surface area contributed by atoms with Crippen molar-refractivity contribution in [1.29, 1.82) is 0 Å². The van der Waals surface area contributed by atoms with E-state index >= 15 is 0 Å². The largest absolute Gasteiger partial charge is 0.480 e. The maximum atomic E-state index is 13.7. The van der Waals surface area contributed by atoms with Crippen LogP contribution in [0.5, 0.6) is 5.88 Å². The number of benzene rings is 2. The van der Waals surface area contributed by atoms with Crippen LogP contribution < -0.4 is 20.3 Å². The van der Waals surface area contributed by atoms with Gasteiger partial charge in [-0.1, -0.05) is 48.5 Å². The van der Waals surface area contributed by atoms with Crippen LogP contribution in [0.2, 0.25) is 0 Å². The zero-order valence-electron chi connectivity index (χ0n) is 23.2. The first-order valence-electron chi connectivity index (χ1n) is 13.5. The number of nitrogens with zero attached hydrogens (tertiary/aromatic N) is 6. The third-order valence-corrected chi connectivity index (χ3v) is 7.48. The highest BCUT2D eigenvalue weighted by Gasteiger charge is 2.36. The minimum atomic E-state index is -0.297. The standard InChI is InChI=1S/C31H32N8O2/c1-21-28(23-17-33-37(2)18-23)36-39(24-13-8-5-9-14-24)29(21)35-31(40)34-26-20-38(27-15-10-16-32-30(27)41-3)19-25(26)22-11-6-4-7-12-22/h4-18,25-26H,19-20H2,1-3H3,(H2,34,35,40)/t25-,26+/m0/s1. The third kappa shape index (κ3) is 5.23. The molecule has 0 radical (unpaired) electrons. The van der Waals surface area contributed by atoms with Gasteiger partial charge in [0.2, 0.25) is 5.88 Å². The van der Waals surface area contributed by atoms with Gasteiger partial charge >= 0.3 is 6.03 Å². The van der Waals surface area contributed by atoms with Crippen molar-refractivity contribution in [2.45, 2.75) is 18.9 Å². The number of ether oxygens (including phenoxy) is 1. The zero-order valence-corrected chi connectivity index (χ0v) is 23.2. The highest BCUT2D eigenvalue weighted by molar-refractivity contribution is 5.91. The van der Waals surface area contributed by atoms with Crippen LogP contribution in [0, 0.1) is 6.92 Å². The summed E-state index contributed by atoms with van der Waals surface area (Å²) in [4.78, 5) is 20.3. The minimum Gasteiger partial charge on any atom is -0.480 e. The summed E-state index contributed by atoms with van der Waals surface area (Å²) < 4.78 is 9.04. The second kappa shape index (κ2) is 11.2. The van der Waals surface area contributed by atoms with Gasteiger partial charge in [0.1, 0.15) is 11.5 Å². The molecule has 0 unspecified atom stereocenters. The molecular weight excluding hydrogens is 516 g/mol. The average Bonchev–Trinajstić information content (AvgIpc) is 3.71. The molecule has 2 N–H and O–H groups in total. The van der Waals surface area contributed by atoms with Gasteiger partial charge in [0, 0.05) is 49.6 Å². The fourth-order valence-electron chi connectivity index (χ4n) is 5.49. The van der Waals surface area contributed by atoms with Gasteiger partial charge in [-0.05, 0) is 36.8 Å². The number of carbonyl (C=O) groups is 1. The quantitative estimate of drug-likeness (QED) is 0.304. The van der Waals surface area contributed by atoms with Crippen molar-refractivity contribution in [2.24, 2.45) is 7.05 Å². The van der Waals surface area contributed by atoms with Crippen LogP contribution in [0.15, 0.2) is 91.4 Å². The molecule has 10 heteroatoms. The first-order valence-corrected chi connectivity index (χ1v) is 13.5. The van der Waals surface area contributed by atoms with Crippen LogP contribution in [0.3, 0.4) is 0 Å². The summed E-state index contributed by atoms with van der Waals surface area (Å²) in [5.41, 5.74) is 5.40. The second-order valence-electron chi connectivity index (χ2n) is 10.1. The number of rotatable bonds is 7. The topological polar surface area (TPSA) is 102 Å². The number of hydrogen-bond acceptors (Lipinski definition) is 6. The molecule has 5 aromatic rings. The van der Waals surface area contributed by atoms with E-state index in [1.54, 1.807) is 28.9 Å². The zero-order chi connectivity index (χ0) is 28.3. The van der Waals surface area contributed by atoms with Crippen LogP contribution in [0.4, 0.5) is 16.3 Å². The number of hydrogen-bond donors (Lipinski definition) is 2. The van der Waals surface area contributed by atoms with Crippen LogP contribution in [-0.2, 0) is 7.05 Å². The molecule has 2 atom stereocenters. The van der Waals surface area contributed by atoms with Crippen molar-refractivity contribution < 1.29 is 9.53 Å². The van der Waals surface area contributed by atoms with Crippen LogP contribution in [-0.4, -0.2) is 56.8 Å². The summed E-state index contributed by atoms with van der Waals surface area (Å²) in [6.07, 6.45) is 5.41. The molecule has 2 aromatic carbocycles. The maximum Gasteiger partial charge on any atom is 0.320 e. The molecular formula is C31H32N8O2. The molecule has 6 rings (SSSR count). The number of amides is 2. The monoisotopic (exact) mass is 548 g/mol. The molecule has 10 nitrogen and oxygen atoms in total. The van der Waals surface area contributed by atoms with Gasteiger partial charge in [0.05, 0.1) is 30.7 Å². The number of aryl methyl sites for hydroxylation is 1. The Labute approximate surface area is 238 Å². The Morgan fingerprint density at radius 2 is 1.76 bits per heavy atom. The Morgan fingerprint density at radius 1 is 1.00 bits per heavy atom. The number of carbonyl (C=O) groups excluding carboxylic acids is 1. The number of para-hydroxylation sites is 1. The molecule has 3 aromatic heterocycles. The van der Waals surface area contributed by atoms with Crippen molar-refractivity contribution in [3.8, 4) is 22.8 Å². The van der Waals surface area contributed by atoms with E-state index in [0.717, 1.165) is 33.8 Å². The molecule has 2 amide bonds. The Kier molecular flexibility index (Phi) is 7.11. The Bertz CT molecular complexity index is 1650. The fourth-order valence-corrected chi connectivity index (χ4v) is 5.49. The number of nitrogens with one attached hydrogen (secondary N) is 2. The summed E-state index contributed by atoms with van der Waals surface area (Å²) in [5.74, 6) is 1.24. The SMILES string of the molecule is COc1ncccc1N1C[C@@H](NC(=O)Nc2c(C)c(-c3cnn(C)c3)nn2-c2ccccc2)[C@H](c2ccccc2)C1. The van der Waals surface area contributed by atoms with E-state index in [4.69, 9.17) is 9.84 Å². The summed E-state index contributed by atoms with van der Waals surface area (Å²) in [7, 11) is 3.49. The molecule has 1 aliphatic heterocycles. The summed E-state index contributed by atoms with van der Waals surface area (Å²) >= 11 is 0. The number of methoxy groups -OCH3 is 1. The molecule has 0 saturated carbocycles. The molecule has 0 spiro atoms. The van der Waals surface area contributed by atoms with E-state index in [9.17, 15) is 4.79 Å². The number of anilines is 2. The molecule has 1 fully saturated rings. The van der Waals surface area contributed by atoms with Gasteiger partial charge in [0.15, 0.2) is 0 Å². The lowest BCUT2D eigenvalue weighted by Gasteiger charge is -2.21. The molecule has 0 aliphatic carbocycles. The molecule has 4 heterocycles. The highest BCUT2D eigenvalue weighted by Crippen LogP contribution is 2.35. The van der Waals surface area contributed by atoms with Gasteiger partial charge in [-0.25, -0.2) is 14.5 Å². The average molecular weight is 549 g/mol. The lowest BCUT2D eigenvalue weighted by Crippen LogP contribution is -2.42. The normalized spacial score (nSPS) is 16.5. The number of urea groups is 1. The third-order valence-electron chi connectivity index (χ3n) is 7.48. The highest BCUT2D eigenvalue weighted by atomic mass is 16.5. The van der Waals surface area contributed by atoms with Gasteiger partial charge in [-0.2, -0.15) is 10.2 Å². The first kappa shape index (κ1) is 26.1. The van der Waals surface area contributed by atoms with Crippen LogP contribution in [0.25, 0.3) is 16.9 Å². The first-order chi connectivity index (χ1) is 20.0. The Morgan fingerprint density at radius 3 is 2.46 bits per heavy atom. The van der Waals surface area contributed by atoms with Gasteiger partial charge in [0.25, 0.3) is 0 Å². The van der Waals surface area contributed by atoms with E-state index in [1.807, 2.05) is 80.8 Å². The number of pyridine rings is 1. The smallest absolute Gasteiger partial charge is 0.320 e. The van der Waals surface area contributed by atoms with E-state index in [2.05, 4.69) is 37.7 Å². The molecule has 1 saturated heterocycles. The van der Waals surface area contributed by atoms with Crippen molar-refractivity contribution >= 4 is 17.5 Å². The van der Waals surface area contributed by atoms with Gasteiger partial charge in [-0.15, -0.1) is 0 Å². The summed E-state index contributed by atoms with van der Waals surface area (Å²) in [5, 5.41) is 15.6. The van der Waals surface area contributed by atoms with E-state index < -0.39 is 0 Å². The minimum absolute atomic E-state index is 0.0675. The van der Waals surface area contributed by atoms with Crippen molar-refractivity contribution in [3.63, 3.8) is 0 Å². The molecule has 1 aliphatic rings. The van der Waals surface area contributed by atoms with E-state index in [-0.39, 0.29) is 18.0 Å². The predicted molar refractivity (Wildman–Crippen MR) is 159 cm³/mol. The molecule has 208 valence electrons. The van der Waals surface area contributed by atoms with Gasteiger partial charge < -0.3 is 15.0 Å². The summed E-state index contributed by atoms with van der Waals surface area (Å²) in [6.45, 7) is 3.28. The van der Waals surface area contributed by atoms with Crippen molar-refractivity contribution in [1.82, 2.24) is 29.9 Å². The van der Waals surface area contributed by atoms with Crippen molar-refractivity contribution in [3.05, 3.63) is 103 Å². The van der Waals surface area contributed by atoms with Crippen LogP contribution >= 0.6 is 0 Å². The predicted octanol–water partition coefficient (Wildman–Crippen LogP) is 4.78. The fraction of sp³-hybridized carbons (Fsp3) is 0.226. The molecule has 41 heavy (non-hydrogen) atoms. The summed E-state index contributed by atoms with van der Waals surface area (Å²) in [6, 6.07) is 23.5. The Hall–Kier alpha value is -5.12. The lowest BCUT2D eigenvalue weighted by atomic mass is 9.94. The Balaban J connectivity index is 1.30. The van der Waals surface area contributed by atoms with E-state index in [1.165, 1.54) is 0 Å². The molecule has 0 bridgehead atoms. The van der Waals surface area contributed by atoms with Crippen LogP contribution in [0.1, 0.15) is 17.0 Å². The van der Waals surface area contributed by atoms with Gasteiger partial charge in [-0.3, -0.25) is 10.00 Å². The van der Waals surface area contributed by atoms with E-state index in [0.29, 0.717) is 24.8 Å². The maximum absolute atomic E-state index is 13.7.